The number of nitrogens with two attached hydrogens (primary N) is 1. The molecule has 1 saturated heterocycles. The number of hydrogen-bond acceptors (Lipinski definition) is 5. The maximum absolute atomic E-state index is 11.3. The summed E-state index contributed by atoms with van der Waals surface area (Å²) in [5.41, 5.74) is 1.05. The molecule has 1 fully saturated rings. The zero-order chi connectivity index (χ0) is 16.2. The number of benzene rings is 1. The molecule has 1 amide bonds. The molecule has 1 aliphatic heterocycles. The average molecular weight is 326 g/mol. The standard InChI is InChI=1S/C14H22N4O3S/c1-16-14(19)11-18-8-6-17(7-9-18)10-12-2-4-13(5-3-12)22(15,20)21/h2-5H,6-11H2,1H3,(H,16,19)(H2,15,20,21). The van der Waals surface area contributed by atoms with E-state index in [1.807, 2.05) is 0 Å². The smallest absolute Gasteiger partial charge is 0.238 e. The number of nitrogens with zero attached hydrogens (tertiary/aromatic N) is 2. The van der Waals surface area contributed by atoms with Gasteiger partial charge in [0.25, 0.3) is 0 Å². The van der Waals surface area contributed by atoms with Gasteiger partial charge in [-0.3, -0.25) is 14.6 Å². The summed E-state index contributed by atoms with van der Waals surface area (Å²) >= 11 is 0. The van der Waals surface area contributed by atoms with Crippen LogP contribution in [0.3, 0.4) is 0 Å². The number of amides is 1. The summed E-state index contributed by atoms with van der Waals surface area (Å²) in [7, 11) is -1.99. The maximum Gasteiger partial charge on any atom is 0.238 e. The van der Waals surface area contributed by atoms with Crippen LogP contribution >= 0.6 is 0 Å². The van der Waals surface area contributed by atoms with Gasteiger partial charge in [0.05, 0.1) is 11.4 Å². The fraction of sp³-hybridized carbons (Fsp3) is 0.500. The number of carbonyl (C=O) groups excluding carboxylic acids is 1. The van der Waals surface area contributed by atoms with Gasteiger partial charge in [0.15, 0.2) is 0 Å². The van der Waals surface area contributed by atoms with Crippen molar-refractivity contribution >= 4 is 15.9 Å². The highest BCUT2D eigenvalue weighted by molar-refractivity contribution is 7.89. The zero-order valence-electron chi connectivity index (χ0n) is 12.7. The van der Waals surface area contributed by atoms with E-state index in [1.54, 1.807) is 19.2 Å². The monoisotopic (exact) mass is 326 g/mol. The Morgan fingerprint density at radius 1 is 1.14 bits per heavy atom. The normalized spacial score (nSPS) is 17.4. The first kappa shape index (κ1) is 16.9. The Kier molecular flexibility index (Phi) is 5.52. The Labute approximate surface area is 131 Å². The fourth-order valence-corrected chi connectivity index (χ4v) is 2.95. The largest absolute Gasteiger partial charge is 0.358 e. The molecule has 0 spiro atoms. The molecule has 1 heterocycles. The molecule has 7 nitrogen and oxygen atoms in total. The number of carbonyl (C=O) groups is 1. The van der Waals surface area contributed by atoms with E-state index >= 15 is 0 Å². The van der Waals surface area contributed by atoms with Crippen LogP contribution in [0.4, 0.5) is 0 Å². The minimum Gasteiger partial charge on any atom is -0.358 e. The predicted molar refractivity (Wildman–Crippen MR) is 83.6 cm³/mol. The van der Waals surface area contributed by atoms with Crippen molar-refractivity contribution in [1.29, 1.82) is 0 Å². The van der Waals surface area contributed by atoms with Gasteiger partial charge in [-0.1, -0.05) is 12.1 Å². The van der Waals surface area contributed by atoms with E-state index < -0.39 is 10.0 Å². The first-order chi connectivity index (χ1) is 10.4. The first-order valence-electron chi connectivity index (χ1n) is 7.15. The first-order valence-corrected chi connectivity index (χ1v) is 8.70. The van der Waals surface area contributed by atoms with Crippen LogP contribution in [0, 0.1) is 0 Å². The van der Waals surface area contributed by atoms with Gasteiger partial charge in [0.1, 0.15) is 0 Å². The van der Waals surface area contributed by atoms with Crippen molar-refractivity contribution in [3.05, 3.63) is 29.8 Å². The second kappa shape index (κ2) is 7.19. The number of primary sulfonamides is 1. The molecule has 0 radical (unpaired) electrons. The average Bonchev–Trinajstić information content (AvgIpc) is 2.49. The Bertz CT molecular complexity index is 607. The van der Waals surface area contributed by atoms with Gasteiger partial charge in [0.2, 0.25) is 15.9 Å². The van der Waals surface area contributed by atoms with Crippen molar-refractivity contribution in [2.75, 3.05) is 39.8 Å². The Morgan fingerprint density at radius 2 is 1.68 bits per heavy atom. The highest BCUT2D eigenvalue weighted by atomic mass is 32.2. The second-order valence-corrected chi connectivity index (χ2v) is 6.98. The molecule has 1 aromatic carbocycles. The van der Waals surface area contributed by atoms with Crippen molar-refractivity contribution in [2.24, 2.45) is 5.14 Å². The number of piperazine rings is 1. The molecule has 122 valence electrons. The topological polar surface area (TPSA) is 95.7 Å². The number of likely N-dealkylation sites (N-methyl/N-ethyl adjacent to an activating group) is 1. The summed E-state index contributed by atoms with van der Waals surface area (Å²) in [6, 6.07) is 6.65. The van der Waals surface area contributed by atoms with E-state index in [0.717, 1.165) is 38.3 Å². The van der Waals surface area contributed by atoms with Crippen LogP contribution in [-0.4, -0.2) is 63.9 Å². The van der Waals surface area contributed by atoms with Crippen LogP contribution in [0.2, 0.25) is 0 Å². The third-order valence-electron chi connectivity index (χ3n) is 3.77. The molecule has 3 N–H and O–H groups in total. The lowest BCUT2D eigenvalue weighted by Gasteiger charge is -2.34. The van der Waals surface area contributed by atoms with Crippen molar-refractivity contribution in [3.63, 3.8) is 0 Å². The van der Waals surface area contributed by atoms with Crippen molar-refractivity contribution in [1.82, 2.24) is 15.1 Å². The molecule has 8 heteroatoms. The maximum atomic E-state index is 11.3. The van der Waals surface area contributed by atoms with E-state index in [9.17, 15) is 13.2 Å². The molecule has 0 aliphatic carbocycles. The van der Waals surface area contributed by atoms with Gasteiger partial charge >= 0.3 is 0 Å². The lowest BCUT2D eigenvalue weighted by molar-refractivity contribution is -0.122. The van der Waals surface area contributed by atoms with E-state index in [-0.39, 0.29) is 10.8 Å². The summed E-state index contributed by atoms with van der Waals surface area (Å²) in [4.78, 5) is 15.9. The number of rotatable bonds is 5. The van der Waals surface area contributed by atoms with Gasteiger partial charge in [-0.25, -0.2) is 13.6 Å². The lowest BCUT2D eigenvalue weighted by Crippen LogP contribution is -2.48. The summed E-state index contributed by atoms with van der Waals surface area (Å²) in [6.07, 6.45) is 0. The number of sulfonamides is 1. The van der Waals surface area contributed by atoms with Crippen LogP contribution < -0.4 is 10.5 Å². The zero-order valence-corrected chi connectivity index (χ0v) is 13.5. The molecule has 1 aromatic rings. The SMILES string of the molecule is CNC(=O)CN1CCN(Cc2ccc(S(N)(=O)=O)cc2)CC1. The molecular formula is C14H22N4O3S. The van der Waals surface area contributed by atoms with Crippen LogP contribution in [0.25, 0.3) is 0 Å². The van der Waals surface area contributed by atoms with Gasteiger partial charge in [-0.05, 0) is 17.7 Å². The van der Waals surface area contributed by atoms with Crippen molar-refractivity contribution in [3.8, 4) is 0 Å². The third kappa shape index (κ3) is 4.77. The predicted octanol–water partition coefficient (Wildman–Crippen LogP) is -0.802. The van der Waals surface area contributed by atoms with E-state index in [0.29, 0.717) is 6.54 Å². The van der Waals surface area contributed by atoms with Gasteiger partial charge < -0.3 is 5.32 Å². The summed E-state index contributed by atoms with van der Waals surface area (Å²) in [6.45, 7) is 4.67. The quantitative estimate of drug-likeness (QED) is 0.738. The summed E-state index contributed by atoms with van der Waals surface area (Å²) in [5.74, 6) is 0.0343. The van der Waals surface area contributed by atoms with Gasteiger partial charge in [-0.2, -0.15) is 0 Å². The van der Waals surface area contributed by atoms with Crippen molar-refractivity contribution in [2.45, 2.75) is 11.4 Å². The third-order valence-corrected chi connectivity index (χ3v) is 4.70. The summed E-state index contributed by atoms with van der Waals surface area (Å²) in [5, 5.41) is 7.71. The molecule has 0 bridgehead atoms. The molecule has 0 saturated carbocycles. The fourth-order valence-electron chi connectivity index (χ4n) is 2.43. The molecule has 22 heavy (non-hydrogen) atoms. The molecule has 1 aliphatic rings. The van der Waals surface area contributed by atoms with Gasteiger partial charge in [-0.15, -0.1) is 0 Å². The van der Waals surface area contributed by atoms with E-state index in [1.165, 1.54) is 12.1 Å². The molecule has 0 aromatic heterocycles. The van der Waals surface area contributed by atoms with Crippen LogP contribution in [0.1, 0.15) is 5.56 Å². The lowest BCUT2D eigenvalue weighted by atomic mass is 10.2. The molecule has 0 unspecified atom stereocenters. The molecule has 0 atom stereocenters. The van der Waals surface area contributed by atoms with E-state index in [2.05, 4.69) is 15.1 Å². The molecular weight excluding hydrogens is 304 g/mol. The Morgan fingerprint density at radius 3 is 2.18 bits per heavy atom. The van der Waals surface area contributed by atoms with Gasteiger partial charge in [0, 0.05) is 39.8 Å². The summed E-state index contributed by atoms with van der Waals surface area (Å²) < 4.78 is 22.4. The second-order valence-electron chi connectivity index (χ2n) is 5.41. The van der Waals surface area contributed by atoms with Crippen LogP contribution in [0.15, 0.2) is 29.2 Å². The van der Waals surface area contributed by atoms with Crippen molar-refractivity contribution < 1.29 is 13.2 Å². The Hall–Kier alpha value is -1.48. The molecule has 2 rings (SSSR count). The van der Waals surface area contributed by atoms with E-state index in [4.69, 9.17) is 5.14 Å². The minimum atomic E-state index is -3.63. The number of nitrogens with one attached hydrogen (secondary N) is 1. The minimum absolute atomic E-state index is 0.0343. The highest BCUT2D eigenvalue weighted by Crippen LogP contribution is 2.12. The number of hydrogen-bond donors (Lipinski definition) is 2. The Balaban J connectivity index is 1.84. The highest BCUT2D eigenvalue weighted by Gasteiger charge is 2.18. The van der Waals surface area contributed by atoms with Crippen LogP contribution in [0.5, 0.6) is 0 Å². The van der Waals surface area contributed by atoms with Crippen LogP contribution in [-0.2, 0) is 21.4 Å².